The average Bonchev–Trinajstić information content (AvgIpc) is 3.28. The third kappa shape index (κ3) is 4.68. The maximum absolute atomic E-state index is 12.1. The second-order valence-electron chi connectivity index (χ2n) is 9.27. The third-order valence-corrected chi connectivity index (χ3v) is 8.47. The van der Waals surface area contributed by atoms with Crippen molar-refractivity contribution in [1.29, 1.82) is 0 Å². The molecule has 2 heterocycles. The fourth-order valence-corrected chi connectivity index (χ4v) is 6.42. The van der Waals surface area contributed by atoms with Crippen LogP contribution in [0.3, 0.4) is 0 Å². The van der Waals surface area contributed by atoms with Gasteiger partial charge in [0.15, 0.2) is 0 Å². The summed E-state index contributed by atoms with van der Waals surface area (Å²) in [5, 5.41) is 0. The Morgan fingerprint density at radius 1 is 1.00 bits per heavy atom. The van der Waals surface area contributed by atoms with Gasteiger partial charge in [0.2, 0.25) is 10.0 Å². The summed E-state index contributed by atoms with van der Waals surface area (Å²) >= 11 is 0. The molecule has 0 N–H and O–H groups in total. The Balaban J connectivity index is 1.48. The molecular weight excluding hydrogens is 430 g/mol. The SMILES string of the molecule is CS(=O)(=O)N1CCC(C2c3ccccc3C=C(CCCn3ccnc3)c3ccccc32)CC1. The molecule has 0 amide bonds. The summed E-state index contributed by atoms with van der Waals surface area (Å²) in [5.74, 6) is 0.700. The highest BCUT2D eigenvalue weighted by Gasteiger charge is 2.34. The number of hydrogen-bond donors (Lipinski definition) is 0. The Kier molecular flexibility index (Phi) is 6.21. The van der Waals surface area contributed by atoms with Crippen LogP contribution in [0.25, 0.3) is 11.6 Å². The lowest BCUT2D eigenvalue weighted by atomic mass is 9.74. The van der Waals surface area contributed by atoms with Crippen LogP contribution in [0.15, 0.2) is 67.3 Å². The number of benzene rings is 2. The lowest BCUT2D eigenvalue weighted by Gasteiger charge is -2.36. The second-order valence-corrected chi connectivity index (χ2v) is 11.2. The van der Waals surface area contributed by atoms with Crippen molar-refractivity contribution >= 4 is 21.7 Å². The van der Waals surface area contributed by atoms with Gasteiger partial charge < -0.3 is 4.57 Å². The van der Waals surface area contributed by atoms with E-state index in [1.165, 1.54) is 34.1 Å². The van der Waals surface area contributed by atoms with Crippen molar-refractivity contribution in [2.45, 2.75) is 38.1 Å². The van der Waals surface area contributed by atoms with Gasteiger partial charge in [0.25, 0.3) is 0 Å². The molecule has 1 unspecified atom stereocenters. The predicted octanol–water partition coefficient (Wildman–Crippen LogP) is 5.02. The summed E-state index contributed by atoms with van der Waals surface area (Å²) in [6.07, 6.45) is 13.3. The summed E-state index contributed by atoms with van der Waals surface area (Å²) in [6, 6.07) is 17.6. The van der Waals surface area contributed by atoms with E-state index in [4.69, 9.17) is 0 Å². The standard InChI is InChI=1S/C27H31N3O2S/c1-33(31,32)30-16-12-21(13-17-30)27-25-10-3-2-7-23(25)19-22(24-9-4-5-11-26(24)27)8-6-15-29-18-14-28-20-29/h2-5,7,9-11,14,18-21,27H,6,8,12-13,15-17H2,1H3. The molecule has 1 saturated heterocycles. The monoisotopic (exact) mass is 461 g/mol. The van der Waals surface area contributed by atoms with Crippen molar-refractivity contribution in [2.75, 3.05) is 19.3 Å². The van der Waals surface area contributed by atoms with Crippen LogP contribution in [0.4, 0.5) is 0 Å². The molecule has 6 heteroatoms. The van der Waals surface area contributed by atoms with E-state index >= 15 is 0 Å². The van der Waals surface area contributed by atoms with Crippen LogP contribution in [0.1, 0.15) is 53.9 Å². The van der Waals surface area contributed by atoms with Gasteiger partial charge in [-0.3, -0.25) is 0 Å². The maximum Gasteiger partial charge on any atom is 0.211 e. The molecule has 0 radical (unpaired) electrons. The fourth-order valence-electron chi connectivity index (χ4n) is 5.55. The summed E-state index contributed by atoms with van der Waals surface area (Å²) in [5.41, 5.74) is 6.77. The number of hydrogen-bond acceptors (Lipinski definition) is 3. The van der Waals surface area contributed by atoms with E-state index in [2.05, 4.69) is 64.2 Å². The highest BCUT2D eigenvalue weighted by molar-refractivity contribution is 7.88. The lowest BCUT2D eigenvalue weighted by molar-refractivity contribution is 0.257. The zero-order valence-corrected chi connectivity index (χ0v) is 19.9. The van der Waals surface area contributed by atoms with E-state index < -0.39 is 10.0 Å². The molecule has 3 aromatic rings. The number of allylic oxidation sites excluding steroid dienone is 1. The molecule has 0 bridgehead atoms. The number of imidazole rings is 1. The van der Waals surface area contributed by atoms with Crippen LogP contribution < -0.4 is 0 Å². The predicted molar refractivity (Wildman–Crippen MR) is 133 cm³/mol. The van der Waals surface area contributed by atoms with E-state index in [1.807, 2.05) is 18.7 Å². The van der Waals surface area contributed by atoms with Crippen molar-refractivity contribution in [1.82, 2.24) is 13.9 Å². The number of sulfonamides is 1. The number of aromatic nitrogens is 2. The Morgan fingerprint density at radius 2 is 1.73 bits per heavy atom. The molecule has 1 aliphatic heterocycles. The summed E-state index contributed by atoms with van der Waals surface area (Å²) in [6.45, 7) is 2.17. The molecule has 172 valence electrons. The van der Waals surface area contributed by atoms with Gasteiger partial charge in [0.05, 0.1) is 12.6 Å². The zero-order chi connectivity index (χ0) is 22.8. The van der Waals surface area contributed by atoms with Gasteiger partial charge in [0, 0.05) is 37.9 Å². The first-order valence-electron chi connectivity index (χ1n) is 11.8. The van der Waals surface area contributed by atoms with Crippen LogP contribution in [0, 0.1) is 5.92 Å². The number of rotatable bonds is 6. The first-order chi connectivity index (χ1) is 16.0. The van der Waals surface area contributed by atoms with Crippen LogP contribution in [-0.2, 0) is 16.6 Å². The van der Waals surface area contributed by atoms with Crippen molar-refractivity contribution in [3.05, 3.63) is 89.5 Å². The quantitative estimate of drug-likeness (QED) is 0.518. The molecule has 1 atom stereocenters. The molecule has 1 aromatic heterocycles. The van der Waals surface area contributed by atoms with Crippen molar-refractivity contribution in [3.63, 3.8) is 0 Å². The minimum Gasteiger partial charge on any atom is -0.337 e. The first-order valence-corrected chi connectivity index (χ1v) is 13.7. The molecule has 0 saturated carbocycles. The molecule has 2 aliphatic rings. The van der Waals surface area contributed by atoms with E-state index in [-0.39, 0.29) is 5.92 Å². The number of piperidine rings is 1. The largest absolute Gasteiger partial charge is 0.337 e. The van der Waals surface area contributed by atoms with Gasteiger partial charge in [-0.05, 0) is 59.4 Å². The average molecular weight is 462 g/mol. The molecule has 1 aliphatic carbocycles. The topological polar surface area (TPSA) is 55.2 Å². The smallest absolute Gasteiger partial charge is 0.211 e. The van der Waals surface area contributed by atoms with Gasteiger partial charge >= 0.3 is 0 Å². The van der Waals surface area contributed by atoms with Crippen molar-refractivity contribution in [3.8, 4) is 0 Å². The molecule has 5 rings (SSSR count). The van der Waals surface area contributed by atoms with Gasteiger partial charge in [-0.1, -0.05) is 54.6 Å². The Morgan fingerprint density at radius 3 is 2.45 bits per heavy atom. The number of aryl methyl sites for hydroxylation is 1. The van der Waals surface area contributed by atoms with Gasteiger partial charge in [-0.15, -0.1) is 0 Å². The summed E-state index contributed by atoms with van der Waals surface area (Å²) in [4.78, 5) is 4.16. The number of fused-ring (bicyclic) bond motifs is 2. The Labute approximate surface area is 196 Å². The van der Waals surface area contributed by atoms with E-state index in [1.54, 1.807) is 4.31 Å². The highest BCUT2D eigenvalue weighted by atomic mass is 32.2. The molecule has 0 spiro atoms. The van der Waals surface area contributed by atoms with Crippen molar-refractivity contribution in [2.24, 2.45) is 5.92 Å². The van der Waals surface area contributed by atoms with E-state index in [0.717, 1.165) is 32.2 Å². The van der Waals surface area contributed by atoms with Gasteiger partial charge in [-0.2, -0.15) is 0 Å². The molecule has 2 aromatic carbocycles. The summed E-state index contributed by atoms with van der Waals surface area (Å²) < 4.78 is 27.9. The van der Waals surface area contributed by atoms with Gasteiger partial charge in [0.1, 0.15) is 0 Å². The number of nitrogens with zero attached hydrogens (tertiary/aromatic N) is 3. The molecule has 1 fully saturated rings. The van der Waals surface area contributed by atoms with Crippen LogP contribution in [-0.4, -0.2) is 41.6 Å². The van der Waals surface area contributed by atoms with Gasteiger partial charge in [-0.25, -0.2) is 17.7 Å². The Hall–Kier alpha value is -2.70. The fraction of sp³-hybridized carbons (Fsp3) is 0.370. The molecular formula is C27H31N3O2S. The van der Waals surface area contributed by atoms with Crippen LogP contribution >= 0.6 is 0 Å². The molecule has 5 nitrogen and oxygen atoms in total. The highest BCUT2D eigenvalue weighted by Crippen LogP contribution is 2.45. The minimum atomic E-state index is -3.13. The minimum absolute atomic E-state index is 0.279. The Bertz CT molecular complexity index is 1240. The lowest BCUT2D eigenvalue weighted by Crippen LogP contribution is -2.39. The molecule has 33 heavy (non-hydrogen) atoms. The third-order valence-electron chi connectivity index (χ3n) is 7.16. The second kappa shape index (κ2) is 9.27. The van der Waals surface area contributed by atoms with E-state index in [9.17, 15) is 8.42 Å². The zero-order valence-electron chi connectivity index (χ0n) is 19.1. The maximum atomic E-state index is 12.1. The van der Waals surface area contributed by atoms with Crippen LogP contribution in [0.5, 0.6) is 0 Å². The van der Waals surface area contributed by atoms with Crippen LogP contribution in [0.2, 0.25) is 0 Å². The summed E-state index contributed by atoms with van der Waals surface area (Å²) in [7, 11) is -3.13. The first kappa shape index (κ1) is 22.1. The van der Waals surface area contributed by atoms with E-state index in [0.29, 0.717) is 19.0 Å². The normalized spacial score (nSPS) is 19.4. The van der Waals surface area contributed by atoms with Crippen molar-refractivity contribution < 1.29 is 8.42 Å².